The van der Waals surface area contributed by atoms with Crippen molar-refractivity contribution in [3.63, 3.8) is 0 Å². The smallest absolute Gasteiger partial charge is 0.270 e. The Morgan fingerprint density at radius 3 is 2.30 bits per heavy atom. The van der Waals surface area contributed by atoms with Crippen LogP contribution in [0.3, 0.4) is 0 Å². The molecule has 0 aliphatic carbocycles. The van der Waals surface area contributed by atoms with Crippen molar-refractivity contribution in [2.45, 2.75) is 38.6 Å². The normalized spacial score (nSPS) is 12.5. The van der Waals surface area contributed by atoms with Crippen molar-refractivity contribution < 1.29 is 19.1 Å². The number of amides is 3. The van der Waals surface area contributed by atoms with Crippen LogP contribution in [0.15, 0.2) is 72.8 Å². The highest BCUT2D eigenvalue weighted by molar-refractivity contribution is 5.91. The van der Waals surface area contributed by atoms with Gasteiger partial charge in [-0.3, -0.25) is 14.4 Å². The minimum atomic E-state index is -1.18. The van der Waals surface area contributed by atoms with E-state index in [1.54, 1.807) is 6.92 Å². The Morgan fingerprint density at radius 2 is 1.55 bits per heavy atom. The van der Waals surface area contributed by atoms with E-state index in [1.165, 1.54) is 7.11 Å². The predicted octanol–water partition coefficient (Wildman–Crippen LogP) is 2.68. The Kier molecular flexibility index (Phi) is 8.55. The third-order valence-corrected chi connectivity index (χ3v) is 5.33. The second-order valence-electron chi connectivity index (χ2n) is 7.76. The average Bonchev–Trinajstić information content (AvgIpc) is 2.85. The SMILES string of the molecule is COC(NC(=O)CCc1ccccc1)C(=O)NC(C)C(=O)NCc1cccc2ccccc12. The molecule has 33 heavy (non-hydrogen) atoms. The molecule has 0 bridgehead atoms. The van der Waals surface area contributed by atoms with Crippen LogP contribution in [0.4, 0.5) is 0 Å². The number of aryl methyl sites for hydroxylation is 1. The maximum absolute atomic E-state index is 12.5. The van der Waals surface area contributed by atoms with Crippen LogP contribution in [0.1, 0.15) is 24.5 Å². The Morgan fingerprint density at radius 1 is 0.848 bits per heavy atom. The number of fused-ring (bicyclic) bond motifs is 1. The molecule has 3 aromatic carbocycles. The number of nitrogens with one attached hydrogen (secondary N) is 3. The van der Waals surface area contributed by atoms with E-state index >= 15 is 0 Å². The first-order valence-electron chi connectivity index (χ1n) is 10.9. The quantitative estimate of drug-likeness (QED) is 0.417. The topological polar surface area (TPSA) is 96.5 Å². The number of rotatable bonds is 10. The van der Waals surface area contributed by atoms with Crippen LogP contribution in [0, 0.1) is 0 Å². The van der Waals surface area contributed by atoms with Crippen LogP contribution in [0.2, 0.25) is 0 Å². The highest BCUT2D eigenvalue weighted by atomic mass is 16.5. The molecule has 2 atom stereocenters. The molecule has 3 aromatic rings. The zero-order chi connectivity index (χ0) is 23.6. The van der Waals surface area contributed by atoms with Gasteiger partial charge in [0.15, 0.2) is 0 Å². The lowest BCUT2D eigenvalue weighted by Crippen LogP contribution is -2.53. The first kappa shape index (κ1) is 23.9. The van der Waals surface area contributed by atoms with Crippen molar-refractivity contribution in [2.75, 3.05) is 7.11 Å². The Hall–Kier alpha value is -3.71. The van der Waals surface area contributed by atoms with Gasteiger partial charge in [-0.25, -0.2) is 0 Å². The van der Waals surface area contributed by atoms with Gasteiger partial charge in [0.2, 0.25) is 18.0 Å². The molecule has 0 aliphatic rings. The molecule has 3 amide bonds. The van der Waals surface area contributed by atoms with Gasteiger partial charge in [-0.15, -0.1) is 0 Å². The summed E-state index contributed by atoms with van der Waals surface area (Å²) in [7, 11) is 1.33. The van der Waals surface area contributed by atoms with Gasteiger partial charge in [0.25, 0.3) is 5.91 Å². The molecule has 3 rings (SSSR count). The fraction of sp³-hybridized carbons (Fsp3) is 0.269. The number of benzene rings is 3. The Bertz CT molecular complexity index is 1100. The molecule has 0 heterocycles. The number of methoxy groups -OCH3 is 1. The lowest BCUT2D eigenvalue weighted by molar-refractivity contribution is -0.140. The molecule has 7 nitrogen and oxygen atoms in total. The molecule has 3 N–H and O–H groups in total. The van der Waals surface area contributed by atoms with Crippen molar-refractivity contribution in [3.8, 4) is 0 Å². The van der Waals surface area contributed by atoms with Gasteiger partial charge in [-0.1, -0.05) is 72.8 Å². The zero-order valence-corrected chi connectivity index (χ0v) is 18.8. The molecule has 0 aliphatic heterocycles. The first-order chi connectivity index (χ1) is 16.0. The van der Waals surface area contributed by atoms with E-state index in [2.05, 4.69) is 16.0 Å². The molecular formula is C26H29N3O4. The number of carbonyl (C=O) groups excluding carboxylic acids is 3. The largest absolute Gasteiger partial charge is 0.353 e. The summed E-state index contributed by atoms with van der Waals surface area (Å²) in [6.45, 7) is 1.92. The van der Waals surface area contributed by atoms with E-state index in [4.69, 9.17) is 4.74 Å². The molecule has 0 spiro atoms. The van der Waals surface area contributed by atoms with E-state index in [0.29, 0.717) is 13.0 Å². The molecule has 0 saturated heterocycles. The summed E-state index contributed by atoms with van der Waals surface area (Å²) in [5.41, 5.74) is 2.02. The van der Waals surface area contributed by atoms with Gasteiger partial charge >= 0.3 is 0 Å². The number of ether oxygens (including phenoxy) is 1. The third kappa shape index (κ3) is 6.89. The lowest BCUT2D eigenvalue weighted by Gasteiger charge is -2.20. The van der Waals surface area contributed by atoms with Crippen LogP contribution in [-0.2, 0) is 32.1 Å². The van der Waals surface area contributed by atoms with Crippen molar-refractivity contribution in [1.82, 2.24) is 16.0 Å². The van der Waals surface area contributed by atoms with Crippen molar-refractivity contribution >= 4 is 28.5 Å². The number of carbonyl (C=O) groups is 3. The summed E-state index contributed by atoms with van der Waals surface area (Å²) in [4.78, 5) is 37.3. The van der Waals surface area contributed by atoms with E-state index < -0.39 is 18.2 Å². The van der Waals surface area contributed by atoms with E-state index in [1.807, 2.05) is 72.8 Å². The average molecular weight is 448 g/mol. The summed E-state index contributed by atoms with van der Waals surface area (Å²) in [6, 6.07) is 22.7. The molecule has 2 unspecified atom stereocenters. The maximum atomic E-state index is 12.5. The van der Waals surface area contributed by atoms with Crippen molar-refractivity contribution in [2.24, 2.45) is 0 Å². The molecule has 0 aromatic heterocycles. The highest BCUT2D eigenvalue weighted by Crippen LogP contribution is 2.18. The standard InChI is InChI=1S/C26H29N3O4/c1-18(24(31)27-17-21-13-8-12-20-11-6-7-14-22(20)21)28-25(32)26(33-2)29-23(30)16-15-19-9-4-3-5-10-19/h3-14,18,26H,15-17H2,1-2H3,(H,27,31)(H,28,32)(H,29,30). The van der Waals surface area contributed by atoms with Crippen molar-refractivity contribution in [1.29, 1.82) is 0 Å². The predicted molar refractivity (Wildman–Crippen MR) is 127 cm³/mol. The van der Waals surface area contributed by atoms with Crippen molar-refractivity contribution in [3.05, 3.63) is 83.9 Å². The van der Waals surface area contributed by atoms with Gasteiger partial charge in [0, 0.05) is 20.1 Å². The molecule has 0 fully saturated rings. The number of hydrogen-bond donors (Lipinski definition) is 3. The fourth-order valence-corrected chi connectivity index (χ4v) is 3.49. The number of hydrogen-bond acceptors (Lipinski definition) is 4. The Balaban J connectivity index is 1.48. The van der Waals surface area contributed by atoms with E-state index in [0.717, 1.165) is 21.9 Å². The molecule has 0 saturated carbocycles. The van der Waals surface area contributed by atoms with E-state index in [-0.39, 0.29) is 18.2 Å². The van der Waals surface area contributed by atoms with Crippen LogP contribution in [0.25, 0.3) is 10.8 Å². The first-order valence-corrected chi connectivity index (χ1v) is 10.9. The van der Waals surface area contributed by atoms with Gasteiger partial charge in [-0.2, -0.15) is 0 Å². The second-order valence-corrected chi connectivity index (χ2v) is 7.76. The Labute approximate surface area is 193 Å². The van der Waals surface area contributed by atoms with Gasteiger partial charge in [0.05, 0.1) is 0 Å². The molecule has 7 heteroatoms. The highest BCUT2D eigenvalue weighted by Gasteiger charge is 2.24. The van der Waals surface area contributed by atoms with Gasteiger partial charge in [0.1, 0.15) is 6.04 Å². The summed E-state index contributed by atoms with van der Waals surface area (Å²) >= 11 is 0. The zero-order valence-electron chi connectivity index (χ0n) is 18.8. The van der Waals surface area contributed by atoms with Gasteiger partial charge in [-0.05, 0) is 35.2 Å². The van der Waals surface area contributed by atoms with E-state index in [9.17, 15) is 14.4 Å². The van der Waals surface area contributed by atoms with Crippen LogP contribution in [-0.4, -0.2) is 37.1 Å². The minimum Gasteiger partial charge on any atom is -0.353 e. The fourth-order valence-electron chi connectivity index (χ4n) is 3.49. The monoisotopic (exact) mass is 447 g/mol. The van der Waals surface area contributed by atoms with Crippen LogP contribution < -0.4 is 16.0 Å². The maximum Gasteiger partial charge on any atom is 0.270 e. The molecule has 172 valence electrons. The van der Waals surface area contributed by atoms with Gasteiger partial charge < -0.3 is 20.7 Å². The molecule has 0 radical (unpaired) electrons. The molecular weight excluding hydrogens is 418 g/mol. The second kappa shape index (κ2) is 11.8. The lowest BCUT2D eigenvalue weighted by atomic mass is 10.0. The summed E-state index contributed by atoms with van der Waals surface area (Å²) < 4.78 is 5.12. The van der Waals surface area contributed by atoms with Crippen LogP contribution in [0.5, 0.6) is 0 Å². The summed E-state index contributed by atoms with van der Waals surface area (Å²) in [6.07, 6.45) is -0.405. The summed E-state index contributed by atoms with van der Waals surface area (Å²) in [5.74, 6) is -1.23. The third-order valence-electron chi connectivity index (χ3n) is 5.33. The minimum absolute atomic E-state index is 0.220. The van der Waals surface area contributed by atoms with Crippen LogP contribution >= 0.6 is 0 Å². The summed E-state index contributed by atoms with van der Waals surface area (Å²) in [5, 5.41) is 10.2.